The molecule has 0 unspecified atom stereocenters. The highest BCUT2D eigenvalue weighted by Gasteiger charge is 2.10. The molecule has 0 saturated heterocycles. The molecule has 2 aromatic rings. The van der Waals surface area contributed by atoms with Crippen LogP contribution in [0.4, 0.5) is 0 Å². The van der Waals surface area contributed by atoms with Crippen LogP contribution in [0.2, 0.25) is 0 Å². The first-order valence-corrected chi connectivity index (χ1v) is 4.90. The van der Waals surface area contributed by atoms with Crippen LogP contribution in [0.1, 0.15) is 22.8 Å². The summed E-state index contributed by atoms with van der Waals surface area (Å²) in [5.74, 6) is -0.390. The van der Waals surface area contributed by atoms with Gasteiger partial charge in [-0.2, -0.15) is 5.10 Å². The maximum Gasteiger partial charge on any atom is 0.248 e. The lowest BCUT2D eigenvalue weighted by molar-refractivity contribution is 0.1000. The Bertz CT molecular complexity index is 528. The molecule has 1 aromatic carbocycles. The van der Waals surface area contributed by atoms with Gasteiger partial charge in [0.25, 0.3) is 0 Å². The first-order chi connectivity index (χ1) is 7.13. The van der Waals surface area contributed by atoms with Crippen LogP contribution in [-0.2, 0) is 6.54 Å². The van der Waals surface area contributed by atoms with Crippen LogP contribution in [0.15, 0.2) is 18.3 Å². The van der Waals surface area contributed by atoms with Crippen molar-refractivity contribution in [3.8, 4) is 0 Å². The van der Waals surface area contributed by atoms with Gasteiger partial charge in [-0.15, -0.1) is 0 Å². The van der Waals surface area contributed by atoms with Crippen LogP contribution in [0.3, 0.4) is 0 Å². The molecule has 0 atom stereocenters. The number of amides is 1. The predicted molar refractivity (Wildman–Crippen MR) is 58.7 cm³/mol. The third-order valence-corrected chi connectivity index (χ3v) is 2.60. The number of aromatic nitrogens is 2. The molecule has 2 N–H and O–H groups in total. The average Bonchev–Trinajstić information content (AvgIpc) is 2.61. The lowest BCUT2D eigenvalue weighted by Gasteiger charge is -2.00. The molecule has 0 saturated carbocycles. The maximum absolute atomic E-state index is 11.1. The van der Waals surface area contributed by atoms with Crippen LogP contribution in [0, 0.1) is 6.92 Å². The largest absolute Gasteiger partial charge is 0.366 e. The molecule has 0 radical (unpaired) electrons. The number of carbonyl (C=O) groups excluding carboxylic acids is 1. The van der Waals surface area contributed by atoms with Crippen molar-refractivity contribution in [3.05, 3.63) is 29.5 Å². The fraction of sp³-hybridized carbons (Fsp3) is 0.273. The Morgan fingerprint density at radius 2 is 2.27 bits per heavy atom. The molecule has 4 heteroatoms. The molecule has 0 spiro atoms. The summed E-state index contributed by atoms with van der Waals surface area (Å²) in [7, 11) is 0. The number of carbonyl (C=O) groups is 1. The molecule has 0 bridgehead atoms. The van der Waals surface area contributed by atoms with E-state index >= 15 is 0 Å². The van der Waals surface area contributed by atoms with Gasteiger partial charge in [-0.05, 0) is 31.5 Å². The molecule has 4 nitrogen and oxygen atoms in total. The van der Waals surface area contributed by atoms with E-state index < -0.39 is 5.91 Å². The number of hydrogen-bond acceptors (Lipinski definition) is 2. The summed E-state index contributed by atoms with van der Waals surface area (Å²) >= 11 is 0. The Kier molecular flexibility index (Phi) is 2.19. The van der Waals surface area contributed by atoms with Crippen molar-refractivity contribution in [3.63, 3.8) is 0 Å². The third-order valence-electron chi connectivity index (χ3n) is 2.60. The van der Waals surface area contributed by atoms with E-state index in [2.05, 4.69) is 5.10 Å². The second-order valence-electron chi connectivity index (χ2n) is 3.52. The number of rotatable bonds is 2. The van der Waals surface area contributed by atoms with Crippen LogP contribution in [0.5, 0.6) is 0 Å². The molecule has 1 heterocycles. The molecule has 78 valence electrons. The smallest absolute Gasteiger partial charge is 0.248 e. The minimum Gasteiger partial charge on any atom is -0.366 e. The molecule has 0 fully saturated rings. The van der Waals surface area contributed by atoms with Crippen LogP contribution in [0.25, 0.3) is 10.9 Å². The Labute approximate surface area is 87.7 Å². The number of fused-ring (bicyclic) bond motifs is 1. The van der Waals surface area contributed by atoms with Crippen molar-refractivity contribution in [2.24, 2.45) is 5.73 Å². The van der Waals surface area contributed by atoms with E-state index in [4.69, 9.17) is 5.73 Å². The fourth-order valence-electron chi connectivity index (χ4n) is 1.71. The van der Waals surface area contributed by atoms with Crippen molar-refractivity contribution in [2.75, 3.05) is 0 Å². The second-order valence-corrected chi connectivity index (χ2v) is 3.52. The Hall–Kier alpha value is -1.84. The minimum absolute atomic E-state index is 0.390. The molecular formula is C11H13N3O. The number of nitrogens with zero attached hydrogens (tertiary/aromatic N) is 2. The van der Waals surface area contributed by atoms with E-state index in [-0.39, 0.29) is 0 Å². The Balaban J connectivity index is 2.72. The van der Waals surface area contributed by atoms with Gasteiger partial charge in [0.05, 0.1) is 5.52 Å². The van der Waals surface area contributed by atoms with Gasteiger partial charge in [-0.3, -0.25) is 9.48 Å². The number of benzene rings is 1. The number of nitrogens with two attached hydrogens (primary N) is 1. The van der Waals surface area contributed by atoms with Crippen molar-refractivity contribution in [1.29, 1.82) is 0 Å². The zero-order valence-electron chi connectivity index (χ0n) is 8.82. The van der Waals surface area contributed by atoms with Gasteiger partial charge in [-0.1, -0.05) is 0 Å². The molecule has 15 heavy (non-hydrogen) atoms. The SMILES string of the molecule is CCn1cc2c(C)c(C(N)=O)ccc2n1. The predicted octanol–water partition coefficient (Wildman–Crippen LogP) is 1.46. The monoisotopic (exact) mass is 203 g/mol. The first kappa shape index (κ1) is 9.71. The van der Waals surface area contributed by atoms with Gasteiger partial charge < -0.3 is 5.73 Å². The minimum atomic E-state index is -0.390. The highest BCUT2D eigenvalue weighted by atomic mass is 16.1. The molecule has 1 amide bonds. The van der Waals surface area contributed by atoms with Gasteiger partial charge in [0.1, 0.15) is 0 Å². The fourth-order valence-corrected chi connectivity index (χ4v) is 1.71. The van der Waals surface area contributed by atoms with Crippen molar-refractivity contribution < 1.29 is 4.79 Å². The lowest BCUT2D eigenvalue weighted by Crippen LogP contribution is -2.12. The topological polar surface area (TPSA) is 60.9 Å². The summed E-state index contributed by atoms with van der Waals surface area (Å²) in [6.45, 7) is 4.74. The highest BCUT2D eigenvalue weighted by molar-refractivity contribution is 5.99. The van der Waals surface area contributed by atoms with Crippen molar-refractivity contribution in [1.82, 2.24) is 9.78 Å². The zero-order chi connectivity index (χ0) is 11.0. The van der Waals surface area contributed by atoms with Crippen molar-refractivity contribution in [2.45, 2.75) is 20.4 Å². The van der Waals surface area contributed by atoms with Crippen LogP contribution >= 0.6 is 0 Å². The standard InChI is InChI=1S/C11H13N3O/c1-3-14-6-9-7(2)8(11(12)15)4-5-10(9)13-14/h4-6H,3H2,1-2H3,(H2,12,15). The van der Waals surface area contributed by atoms with E-state index in [1.165, 1.54) is 0 Å². The van der Waals surface area contributed by atoms with Gasteiger partial charge in [0, 0.05) is 23.7 Å². The van der Waals surface area contributed by atoms with Crippen LogP contribution < -0.4 is 5.73 Å². The van der Waals surface area contributed by atoms with E-state index in [1.54, 1.807) is 6.07 Å². The summed E-state index contributed by atoms with van der Waals surface area (Å²) in [6.07, 6.45) is 1.94. The molecule has 0 aliphatic rings. The maximum atomic E-state index is 11.1. The summed E-state index contributed by atoms with van der Waals surface area (Å²) in [5.41, 5.74) is 7.65. The van der Waals surface area contributed by atoms with E-state index in [0.717, 1.165) is 23.0 Å². The Morgan fingerprint density at radius 1 is 1.53 bits per heavy atom. The summed E-state index contributed by atoms with van der Waals surface area (Å²) in [4.78, 5) is 11.1. The first-order valence-electron chi connectivity index (χ1n) is 4.90. The van der Waals surface area contributed by atoms with Crippen molar-refractivity contribution >= 4 is 16.8 Å². The molecule has 2 rings (SSSR count). The lowest BCUT2D eigenvalue weighted by atomic mass is 10.0. The van der Waals surface area contributed by atoms with Crippen LogP contribution in [-0.4, -0.2) is 15.7 Å². The zero-order valence-corrected chi connectivity index (χ0v) is 8.82. The summed E-state index contributed by atoms with van der Waals surface area (Å²) in [6, 6.07) is 3.56. The normalized spacial score (nSPS) is 10.8. The van der Waals surface area contributed by atoms with Gasteiger partial charge in [-0.25, -0.2) is 0 Å². The number of hydrogen-bond donors (Lipinski definition) is 1. The van der Waals surface area contributed by atoms with Gasteiger partial charge in [0.15, 0.2) is 0 Å². The average molecular weight is 203 g/mol. The molecular weight excluding hydrogens is 190 g/mol. The molecule has 0 aliphatic heterocycles. The summed E-state index contributed by atoms with van der Waals surface area (Å²) < 4.78 is 1.85. The van der Waals surface area contributed by atoms with Gasteiger partial charge in [0.2, 0.25) is 5.91 Å². The van der Waals surface area contributed by atoms with E-state index in [1.807, 2.05) is 30.8 Å². The van der Waals surface area contributed by atoms with E-state index in [0.29, 0.717) is 5.56 Å². The second kappa shape index (κ2) is 3.38. The Morgan fingerprint density at radius 3 is 2.87 bits per heavy atom. The summed E-state index contributed by atoms with van der Waals surface area (Å²) in [5, 5.41) is 5.35. The quantitative estimate of drug-likeness (QED) is 0.803. The molecule has 0 aliphatic carbocycles. The number of primary amides is 1. The highest BCUT2D eigenvalue weighted by Crippen LogP contribution is 2.20. The van der Waals surface area contributed by atoms with Gasteiger partial charge >= 0.3 is 0 Å². The third kappa shape index (κ3) is 1.48. The number of aryl methyl sites for hydroxylation is 2. The van der Waals surface area contributed by atoms with E-state index in [9.17, 15) is 4.79 Å². The molecule has 1 aromatic heterocycles.